The van der Waals surface area contributed by atoms with Gasteiger partial charge in [-0.1, -0.05) is 0 Å². The van der Waals surface area contributed by atoms with Gasteiger partial charge in [0.25, 0.3) is 0 Å². The third kappa shape index (κ3) is 2.00. The summed E-state index contributed by atoms with van der Waals surface area (Å²) in [5.74, 6) is 6.57. The summed E-state index contributed by atoms with van der Waals surface area (Å²) in [6.45, 7) is 2.04. The lowest BCUT2D eigenvalue weighted by molar-refractivity contribution is 0.0836. The normalized spacial score (nSPS) is 22.8. The maximum Gasteiger partial charge on any atom is 0.240 e. The van der Waals surface area contributed by atoms with Crippen LogP contribution in [-0.2, 0) is 0 Å². The molecule has 2 aromatic rings. The molecule has 0 aromatic carbocycles. The van der Waals surface area contributed by atoms with Crippen molar-refractivity contribution < 1.29 is 5.11 Å². The van der Waals surface area contributed by atoms with E-state index >= 15 is 0 Å². The molecule has 0 spiro atoms. The van der Waals surface area contributed by atoms with Crippen LogP contribution in [0.1, 0.15) is 17.7 Å². The summed E-state index contributed by atoms with van der Waals surface area (Å²) in [4.78, 5) is 10.8. The number of aliphatic hydroxyl groups is 1. The first-order chi connectivity index (χ1) is 8.65. The summed E-state index contributed by atoms with van der Waals surface area (Å²) in [5.41, 5.74) is 2.48. The molecule has 0 radical (unpaired) electrons. The van der Waals surface area contributed by atoms with E-state index in [4.69, 9.17) is 5.84 Å². The number of fused-ring (bicyclic) bond motifs is 1. The van der Waals surface area contributed by atoms with Gasteiger partial charge in [-0.25, -0.2) is 10.8 Å². The number of nitrogens with two attached hydrogens (primary N) is 1. The Balaban J connectivity index is 1.97. The van der Waals surface area contributed by atoms with Crippen LogP contribution in [0.5, 0.6) is 0 Å². The molecular weight excluding hydrogens is 250 g/mol. The Labute approximate surface area is 108 Å². The first-order valence-electron chi connectivity index (χ1n) is 5.85. The van der Waals surface area contributed by atoms with E-state index in [1.54, 1.807) is 11.3 Å². The van der Waals surface area contributed by atoms with Gasteiger partial charge in [-0.15, -0.1) is 11.3 Å². The van der Waals surface area contributed by atoms with Crippen molar-refractivity contribution in [1.29, 1.82) is 0 Å². The number of rotatable bonds is 3. The predicted molar refractivity (Wildman–Crippen MR) is 72.6 cm³/mol. The SMILES string of the molecule is Cc1cc2c(NC3CC(O)C3)nc(NN)nc2s1. The number of nitrogen functional groups attached to an aromatic ring is 1. The van der Waals surface area contributed by atoms with Gasteiger partial charge in [0.15, 0.2) is 0 Å². The van der Waals surface area contributed by atoms with Gasteiger partial charge in [-0.2, -0.15) is 4.98 Å². The van der Waals surface area contributed by atoms with Crippen molar-refractivity contribution in [1.82, 2.24) is 9.97 Å². The monoisotopic (exact) mass is 265 g/mol. The molecule has 0 atom stereocenters. The molecule has 7 heteroatoms. The van der Waals surface area contributed by atoms with Crippen molar-refractivity contribution in [2.75, 3.05) is 10.7 Å². The number of hydrazine groups is 1. The molecule has 1 aliphatic rings. The highest BCUT2D eigenvalue weighted by molar-refractivity contribution is 7.18. The maximum atomic E-state index is 9.31. The first-order valence-corrected chi connectivity index (χ1v) is 6.67. The summed E-state index contributed by atoms with van der Waals surface area (Å²) in [5, 5.41) is 13.7. The Kier molecular flexibility index (Phi) is 2.81. The summed E-state index contributed by atoms with van der Waals surface area (Å²) in [6, 6.07) is 2.35. The summed E-state index contributed by atoms with van der Waals surface area (Å²) in [6.07, 6.45) is 1.34. The van der Waals surface area contributed by atoms with Crippen LogP contribution in [-0.4, -0.2) is 27.2 Å². The van der Waals surface area contributed by atoms with Crippen molar-refractivity contribution in [2.45, 2.75) is 31.9 Å². The van der Waals surface area contributed by atoms with E-state index < -0.39 is 0 Å². The van der Waals surface area contributed by atoms with Gasteiger partial charge < -0.3 is 10.4 Å². The maximum absolute atomic E-state index is 9.31. The topological polar surface area (TPSA) is 96.1 Å². The average molecular weight is 265 g/mol. The van der Waals surface area contributed by atoms with Crippen LogP contribution in [0.3, 0.4) is 0 Å². The van der Waals surface area contributed by atoms with Crippen molar-refractivity contribution in [3.05, 3.63) is 10.9 Å². The summed E-state index contributed by atoms with van der Waals surface area (Å²) >= 11 is 1.61. The number of nitrogens with one attached hydrogen (secondary N) is 2. The second kappa shape index (κ2) is 4.34. The molecule has 18 heavy (non-hydrogen) atoms. The average Bonchev–Trinajstić information content (AvgIpc) is 2.67. The fraction of sp³-hybridized carbons (Fsp3) is 0.455. The van der Waals surface area contributed by atoms with Crippen LogP contribution in [0, 0.1) is 6.92 Å². The zero-order valence-corrected chi connectivity index (χ0v) is 10.8. The van der Waals surface area contributed by atoms with Crippen molar-refractivity contribution in [3.8, 4) is 0 Å². The molecule has 1 fully saturated rings. The van der Waals surface area contributed by atoms with Gasteiger partial charge >= 0.3 is 0 Å². The second-order valence-electron chi connectivity index (χ2n) is 4.58. The van der Waals surface area contributed by atoms with Gasteiger partial charge in [-0.3, -0.25) is 5.43 Å². The van der Waals surface area contributed by atoms with E-state index in [1.807, 2.05) is 6.92 Å². The van der Waals surface area contributed by atoms with Crippen molar-refractivity contribution >= 4 is 33.3 Å². The highest BCUT2D eigenvalue weighted by Gasteiger charge is 2.28. The minimum atomic E-state index is -0.184. The molecule has 96 valence electrons. The van der Waals surface area contributed by atoms with Crippen LogP contribution in [0.4, 0.5) is 11.8 Å². The third-order valence-electron chi connectivity index (χ3n) is 3.10. The van der Waals surface area contributed by atoms with Crippen LogP contribution < -0.4 is 16.6 Å². The van der Waals surface area contributed by atoms with Gasteiger partial charge in [0.2, 0.25) is 5.95 Å². The quantitative estimate of drug-likeness (QED) is 0.492. The second-order valence-corrected chi connectivity index (χ2v) is 5.82. The van der Waals surface area contributed by atoms with Gasteiger partial charge in [0.05, 0.1) is 11.5 Å². The number of aromatic nitrogens is 2. The molecule has 0 bridgehead atoms. The Hall–Kier alpha value is -1.44. The molecule has 0 amide bonds. The number of thiophene rings is 1. The fourth-order valence-corrected chi connectivity index (χ4v) is 2.99. The number of aryl methyl sites for hydroxylation is 1. The van der Waals surface area contributed by atoms with Crippen LogP contribution >= 0.6 is 11.3 Å². The van der Waals surface area contributed by atoms with Crippen LogP contribution in [0.15, 0.2) is 6.07 Å². The number of aliphatic hydroxyl groups excluding tert-OH is 1. The molecule has 3 rings (SSSR count). The minimum absolute atomic E-state index is 0.184. The number of hydrogen-bond donors (Lipinski definition) is 4. The molecule has 0 saturated heterocycles. The molecule has 1 saturated carbocycles. The molecular formula is C11H15N5OS. The highest BCUT2D eigenvalue weighted by Crippen LogP contribution is 2.32. The van der Waals surface area contributed by atoms with E-state index in [2.05, 4.69) is 26.8 Å². The van der Waals surface area contributed by atoms with E-state index in [0.717, 1.165) is 28.9 Å². The lowest BCUT2D eigenvalue weighted by Crippen LogP contribution is -2.39. The summed E-state index contributed by atoms with van der Waals surface area (Å²) < 4.78 is 0. The molecule has 0 unspecified atom stereocenters. The molecule has 2 heterocycles. The Bertz CT molecular complexity index is 578. The molecule has 1 aliphatic carbocycles. The van der Waals surface area contributed by atoms with Crippen LogP contribution in [0.25, 0.3) is 10.2 Å². The summed E-state index contributed by atoms with van der Waals surface area (Å²) in [7, 11) is 0. The smallest absolute Gasteiger partial charge is 0.240 e. The van der Waals surface area contributed by atoms with E-state index in [-0.39, 0.29) is 12.1 Å². The Morgan fingerprint density at radius 3 is 2.89 bits per heavy atom. The molecule has 2 aromatic heterocycles. The van der Waals surface area contributed by atoms with Gasteiger partial charge in [0.1, 0.15) is 10.6 Å². The Morgan fingerprint density at radius 1 is 1.44 bits per heavy atom. The Morgan fingerprint density at radius 2 is 2.22 bits per heavy atom. The number of anilines is 2. The largest absolute Gasteiger partial charge is 0.393 e. The fourth-order valence-electron chi connectivity index (χ4n) is 2.12. The zero-order valence-electron chi connectivity index (χ0n) is 9.97. The van der Waals surface area contributed by atoms with Gasteiger partial charge in [0, 0.05) is 10.9 Å². The lowest BCUT2D eigenvalue weighted by Gasteiger charge is -2.32. The first kappa shape index (κ1) is 11.6. The standard InChI is InChI=1S/C11H15N5OS/c1-5-2-8-9(13-6-3-7(17)4-6)14-11(16-12)15-10(8)18-5/h2,6-7,17H,3-4,12H2,1H3,(H2,13,14,15,16). The predicted octanol–water partition coefficient (Wildman–Crippen LogP) is 1.22. The molecule has 0 aliphatic heterocycles. The lowest BCUT2D eigenvalue weighted by atomic mass is 9.89. The minimum Gasteiger partial charge on any atom is -0.393 e. The van der Waals surface area contributed by atoms with Gasteiger partial charge in [-0.05, 0) is 25.8 Å². The van der Waals surface area contributed by atoms with E-state index in [9.17, 15) is 5.11 Å². The van der Waals surface area contributed by atoms with E-state index in [1.165, 1.54) is 4.88 Å². The molecule has 6 nitrogen and oxygen atoms in total. The zero-order chi connectivity index (χ0) is 12.7. The third-order valence-corrected chi connectivity index (χ3v) is 4.04. The number of nitrogens with zero attached hydrogens (tertiary/aromatic N) is 2. The van der Waals surface area contributed by atoms with Crippen molar-refractivity contribution in [3.63, 3.8) is 0 Å². The molecule has 5 N–H and O–H groups in total. The highest BCUT2D eigenvalue weighted by atomic mass is 32.1. The van der Waals surface area contributed by atoms with E-state index in [0.29, 0.717) is 5.95 Å². The van der Waals surface area contributed by atoms with Crippen LogP contribution in [0.2, 0.25) is 0 Å². The number of hydrogen-bond acceptors (Lipinski definition) is 7. The van der Waals surface area contributed by atoms with Crippen molar-refractivity contribution in [2.24, 2.45) is 5.84 Å².